The smallest absolute Gasteiger partial charge is 0.373 e. The van der Waals surface area contributed by atoms with Crippen LogP contribution in [0, 0.1) is 11.8 Å². The lowest BCUT2D eigenvalue weighted by atomic mass is 9.86. The number of nitrogens with zero attached hydrogens (tertiary/aromatic N) is 3. The summed E-state index contributed by atoms with van der Waals surface area (Å²) in [6.45, 7) is 6.86. The van der Waals surface area contributed by atoms with Crippen molar-refractivity contribution in [1.82, 2.24) is 25.9 Å². The third kappa shape index (κ3) is 5.23. The molecule has 0 aliphatic heterocycles. The fourth-order valence-electron chi connectivity index (χ4n) is 1.77. The topological polar surface area (TPSA) is 86.7 Å². The van der Waals surface area contributed by atoms with Gasteiger partial charge in [-0.15, -0.1) is 10.2 Å². The Bertz CT molecular complexity index is 277. The van der Waals surface area contributed by atoms with Gasteiger partial charge < -0.3 is 10.3 Å². The fourth-order valence-corrected chi connectivity index (χ4v) is 1.77. The molecule has 1 rings (SSSR count). The van der Waals surface area contributed by atoms with Gasteiger partial charge in [0.2, 0.25) is 0 Å². The molecule has 0 fully saturated rings. The third-order valence-electron chi connectivity index (χ3n) is 2.37. The summed E-state index contributed by atoms with van der Waals surface area (Å²) in [4.78, 5) is 0. The second-order valence-electron chi connectivity index (χ2n) is 4.61. The molecule has 0 saturated carbocycles. The van der Waals surface area contributed by atoms with Crippen molar-refractivity contribution in [3.8, 4) is 0 Å². The fraction of sp³-hybridized carbons (Fsp3) is 0.889. The first-order valence-electron chi connectivity index (χ1n) is 5.71. The van der Waals surface area contributed by atoms with E-state index in [-0.39, 0.29) is 0 Å². The standard InChI is InChI=1S/C9H20BN5O/c1-7(2)4-8(6-11-10(3)16)5-9-12-14-15-13-9/h7-8,11,16H,4-6H2,1-3H3,(H,12,13,14,15). The van der Waals surface area contributed by atoms with Crippen molar-refractivity contribution >= 4 is 7.05 Å². The number of aromatic amines is 1. The first kappa shape index (κ1) is 13.1. The number of nitrogens with one attached hydrogen (secondary N) is 2. The quantitative estimate of drug-likeness (QED) is 0.573. The second-order valence-corrected chi connectivity index (χ2v) is 4.61. The van der Waals surface area contributed by atoms with Crippen LogP contribution in [-0.2, 0) is 6.42 Å². The van der Waals surface area contributed by atoms with E-state index in [9.17, 15) is 5.02 Å². The van der Waals surface area contributed by atoms with E-state index >= 15 is 0 Å². The summed E-state index contributed by atoms with van der Waals surface area (Å²) in [5.41, 5.74) is 0. The zero-order valence-corrected chi connectivity index (χ0v) is 10.1. The van der Waals surface area contributed by atoms with Gasteiger partial charge >= 0.3 is 7.05 Å². The molecule has 0 bridgehead atoms. The summed E-state index contributed by atoms with van der Waals surface area (Å²) >= 11 is 0. The Morgan fingerprint density at radius 1 is 1.50 bits per heavy atom. The first-order valence-corrected chi connectivity index (χ1v) is 5.71. The lowest BCUT2D eigenvalue weighted by Crippen LogP contribution is -2.36. The average molecular weight is 225 g/mol. The molecule has 0 saturated heterocycles. The van der Waals surface area contributed by atoms with Gasteiger partial charge in [0.25, 0.3) is 0 Å². The molecule has 7 heteroatoms. The van der Waals surface area contributed by atoms with Crippen LogP contribution in [0.1, 0.15) is 26.1 Å². The molecule has 1 aromatic heterocycles. The Balaban J connectivity index is 2.43. The van der Waals surface area contributed by atoms with E-state index in [1.807, 2.05) is 0 Å². The molecule has 16 heavy (non-hydrogen) atoms. The highest BCUT2D eigenvalue weighted by Crippen LogP contribution is 2.14. The van der Waals surface area contributed by atoms with E-state index in [0.717, 1.165) is 25.2 Å². The van der Waals surface area contributed by atoms with Crippen LogP contribution in [0.3, 0.4) is 0 Å². The van der Waals surface area contributed by atoms with E-state index in [2.05, 4.69) is 39.7 Å². The van der Waals surface area contributed by atoms with Gasteiger partial charge in [-0.25, -0.2) is 0 Å². The normalized spacial score (nSPS) is 13.1. The molecule has 3 N–H and O–H groups in total. The zero-order valence-electron chi connectivity index (χ0n) is 10.1. The number of hydrogen-bond acceptors (Lipinski definition) is 5. The molecule has 1 heterocycles. The minimum Gasteiger partial charge on any atom is -0.437 e. The van der Waals surface area contributed by atoms with Crippen LogP contribution in [0.2, 0.25) is 6.82 Å². The van der Waals surface area contributed by atoms with E-state index < -0.39 is 7.05 Å². The maximum Gasteiger partial charge on any atom is 0.373 e. The Kier molecular flexibility index (Phi) is 5.41. The van der Waals surface area contributed by atoms with Crippen LogP contribution in [0.5, 0.6) is 0 Å². The molecule has 90 valence electrons. The highest BCUT2D eigenvalue weighted by molar-refractivity contribution is 6.45. The SMILES string of the molecule is CB(O)NCC(Cc1nn[nH]n1)CC(C)C. The van der Waals surface area contributed by atoms with E-state index in [1.54, 1.807) is 6.82 Å². The van der Waals surface area contributed by atoms with Crippen molar-refractivity contribution < 1.29 is 5.02 Å². The maximum absolute atomic E-state index is 9.20. The molecule has 0 aliphatic carbocycles. The van der Waals surface area contributed by atoms with Gasteiger partial charge in [0.15, 0.2) is 5.82 Å². The number of hydrogen-bond donors (Lipinski definition) is 3. The van der Waals surface area contributed by atoms with Crippen LogP contribution in [-0.4, -0.2) is 39.2 Å². The number of rotatable bonds is 7. The average Bonchev–Trinajstić information content (AvgIpc) is 2.66. The third-order valence-corrected chi connectivity index (χ3v) is 2.37. The first-order chi connectivity index (χ1) is 7.58. The monoisotopic (exact) mass is 225 g/mol. The Morgan fingerprint density at radius 3 is 2.75 bits per heavy atom. The Morgan fingerprint density at radius 2 is 2.25 bits per heavy atom. The summed E-state index contributed by atoms with van der Waals surface area (Å²) in [6.07, 6.45) is 1.86. The predicted octanol–water partition coefficient (Wildman–Crippen LogP) is 0.104. The molecule has 0 spiro atoms. The van der Waals surface area contributed by atoms with Crippen LogP contribution >= 0.6 is 0 Å². The van der Waals surface area contributed by atoms with Gasteiger partial charge in [-0.3, -0.25) is 0 Å². The van der Waals surface area contributed by atoms with Gasteiger partial charge in [-0.05, 0) is 31.6 Å². The number of H-pyrrole nitrogens is 1. The van der Waals surface area contributed by atoms with E-state index in [4.69, 9.17) is 0 Å². The minimum absolute atomic E-state index is 0.423. The molecule has 1 unspecified atom stereocenters. The van der Waals surface area contributed by atoms with Crippen molar-refractivity contribution in [1.29, 1.82) is 0 Å². The van der Waals surface area contributed by atoms with Crippen molar-refractivity contribution in [2.45, 2.75) is 33.5 Å². The maximum atomic E-state index is 9.20. The van der Waals surface area contributed by atoms with Gasteiger partial charge in [0.1, 0.15) is 0 Å². The van der Waals surface area contributed by atoms with Crippen molar-refractivity contribution in [3.63, 3.8) is 0 Å². The molecule has 0 radical (unpaired) electrons. The summed E-state index contributed by atoms with van der Waals surface area (Å²) in [5.74, 6) is 1.78. The molecule has 0 aliphatic rings. The zero-order chi connectivity index (χ0) is 12.0. The summed E-state index contributed by atoms with van der Waals surface area (Å²) in [5, 5.41) is 26.1. The molecular weight excluding hydrogens is 205 g/mol. The van der Waals surface area contributed by atoms with Crippen LogP contribution in [0.25, 0.3) is 0 Å². The Labute approximate surface area is 96.3 Å². The highest BCUT2D eigenvalue weighted by Gasteiger charge is 2.15. The summed E-state index contributed by atoms with van der Waals surface area (Å²) in [6, 6.07) is 0. The predicted molar refractivity (Wildman–Crippen MR) is 62.7 cm³/mol. The lowest BCUT2D eigenvalue weighted by molar-refractivity contribution is 0.391. The van der Waals surface area contributed by atoms with E-state index in [0.29, 0.717) is 11.8 Å². The van der Waals surface area contributed by atoms with Gasteiger partial charge in [0, 0.05) is 6.42 Å². The molecular formula is C9H20BN5O. The molecule has 1 atom stereocenters. The Hall–Kier alpha value is -0.945. The molecule has 1 aromatic rings. The minimum atomic E-state index is -0.472. The van der Waals surface area contributed by atoms with Crippen molar-refractivity contribution in [2.24, 2.45) is 11.8 Å². The van der Waals surface area contributed by atoms with Crippen molar-refractivity contribution in [2.75, 3.05) is 6.54 Å². The second kappa shape index (κ2) is 6.60. The number of tetrazole rings is 1. The van der Waals surface area contributed by atoms with Crippen LogP contribution in [0.4, 0.5) is 0 Å². The lowest BCUT2D eigenvalue weighted by Gasteiger charge is -2.18. The summed E-state index contributed by atoms with van der Waals surface area (Å²) in [7, 11) is -0.472. The van der Waals surface area contributed by atoms with Crippen LogP contribution < -0.4 is 5.23 Å². The van der Waals surface area contributed by atoms with Gasteiger partial charge in [0.05, 0.1) is 0 Å². The molecule has 6 nitrogen and oxygen atoms in total. The van der Waals surface area contributed by atoms with Crippen molar-refractivity contribution in [3.05, 3.63) is 5.82 Å². The van der Waals surface area contributed by atoms with Gasteiger partial charge in [-0.1, -0.05) is 19.1 Å². The number of aromatic nitrogens is 4. The molecule has 0 aromatic carbocycles. The van der Waals surface area contributed by atoms with Gasteiger partial charge in [-0.2, -0.15) is 5.21 Å². The van der Waals surface area contributed by atoms with E-state index in [1.165, 1.54) is 0 Å². The van der Waals surface area contributed by atoms with Crippen LogP contribution in [0.15, 0.2) is 0 Å². The highest BCUT2D eigenvalue weighted by atomic mass is 16.2. The summed E-state index contributed by atoms with van der Waals surface area (Å²) < 4.78 is 0. The largest absolute Gasteiger partial charge is 0.437 e. The molecule has 0 amide bonds.